The van der Waals surface area contributed by atoms with E-state index in [0.29, 0.717) is 18.0 Å². The van der Waals surface area contributed by atoms with Crippen LogP contribution in [0, 0.1) is 0 Å². The van der Waals surface area contributed by atoms with Crippen molar-refractivity contribution in [2.75, 3.05) is 20.1 Å². The number of amides is 1. The number of hydrogen-bond donors (Lipinski definition) is 1. The molecule has 3 atom stereocenters. The van der Waals surface area contributed by atoms with Gasteiger partial charge in [0.1, 0.15) is 0 Å². The number of carbonyl (C=O) groups is 1. The third kappa shape index (κ3) is 4.17. The molecule has 2 aliphatic heterocycles. The fourth-order valence-corrected chi connectivity index (χ4v) is 4.09. The Labute approximate surface area is 146 Å². The predicted octanol–water partition coefficient (Wildman–Crippen LogP) is 2.64. The molecule has 132 valence electrons. The van der Waals surface area contributed by atoms with Crippen LogP contribution in [0.3, 0.4) is 0 Å². The lowest BCUT2D eigenvalue weighted by Gasteiger charge is -2.42. The lowest BCUT2D eigenvalue weighted by atomic mass is 9.95. The fraction of sp³-hybridized carbons (Fsp3) is 0.650. The molecule has 0 saturated carbocycles. The molecule has 1 aromatic carbocycles. The lowest BCUT2D eigenvalue weighted by molar-refractivity contribution is -0.136. The SMILES string of the molecule is C[C@@H]1C[C@H](N(C)C(=O)[C@H]2CCCCN2)CCN1Cc1ccccc1. The standard InChI is InChI=1S/C20H31N3O/c1-16-14-18(22(2)20(24)19-10-6-7-12-21-19)11-13-23(16)15-17-8-4-3-5-9-17/h3-5,8-9,16,18-19,21H,6-7,10-15H2,1-2H3/t16-,18-,19-/m1/s1. The average Bonchev–Trinajstić information content (AvgIpc) is 2.64. The largest absolute Gasteiger partial charge is 0.341 e. The first-order valence-corrected chi connectivity index (χ1v) is 9.43. The number of nitrogens with zero attached hydrogens (tertiary/aromatic N) is 2. The van der Waals surface area contributed by atoms with Crippen molar-refractivity contribution in [3.05, 3.63) is 35.9 Å². The van der Waals surface area contributed by atoms with E-state index in [1.54, 1.807) is 0 Å². The highest BCUT2D eigenvalue weighted by atomic mass is 16.2. The second-order valence-electron chi connectivity index (χ2n) is 7.43. The van der Waals surface area contributed by atoms with Gasteiger partial charge < -0.3 is 10.2 Å². The zero-order chi connectivity index (χ0) is 16.9. The molecule has 1 aromatic rings. The summed E-state index contributed by atoms with van der Waals surface area (Å²) in [6, 6.07) is 11.6. The van der Waals surface area contributed by atoms with Crippen molar-refractivity contribution in [2.24, 2.45) is 0 Å². The van der Waals surface area contributed by atoms with Crippen LogP contribution >= 0.6 is 0 Å². The Balaban J connectivity index is 1.53. The number of likely N-dealkylation sites (N-methyl/N-ethyl adjacent to an activating group) is 1. The maximum absolute atomic E-state index is 12.7. The van der Waals surface area contributed by atoms with Crippen LogP contribution in [0.4, 0.5) is 0 Å². The normalized spacial score (nSPS) is 28.5. The zero-order valence-electron chi connectivity index (χ0n) is 15.1. The molecule has 2 heterocycles. The molecule has 0 aliphatic carbocycles. The van der Waals surface area contributed by atoms with Gasteiger partial charge in [-0.15, -0.1) is 0 Å². The summed E-state index contributed by atoms with van der Waals surface area (Å²) in [5.41, 5.74) is 1.37. The maximum atomic E-state index is 12.7. The van der Waals surface area contributed by atoms with E-state index >= 15 is 0 Å². The molecule has 3 rings (SSSR count). The van der Waals surface area contributed by atoms with Gasteiger partial charge in [0.15, 0.2) is 0 Å². The molecule has 0 radical (unpaired) electrons. The molecular weight excluding hydrogens is 298 g/mol. The molecule has 2 saturated heterocycles. The van der Waals surface area contributed by atoms with E-state index in [9.17, 15) is 4.79 Å². The number of nitrogens with one attached hydrogen (secondary N) is 1. The van der Waals surface area contributed by atoms with E-state index in [1.807, 2.05) is 11.9 Å². The molecule has 1 amide bonds. The molecule has 0 aromatic heterocycles. The van der Waals surface area contributed by atoms with E-state index in [0.717, 1.165) is 38.9 Å². The quantitative estimate of drug-likeness (QED) is 0.922. The summed E-state index contributed by atoms with van der Waals surface area (Å²) in [5, 5.41) is 3.39. The summed E-state index contributed by atoms with van der Waals surface area (Å²) in [7, 11) is 2.00. The summed E-state index contributed by atoms with van der Waals surface area (Å²) in [6.07, 6.45) is 5.51. The van der Waals surface area contributed by atoms with E-state index < -0.39 is 0 Å². The number of likely N-dealkylation sites (tertiary alicyclic amines) is 1. The second-order valence-corrected chi connectivity index (χ2v) is 7.43. The summed E-state index contributed by atoms with van der Waals surface area (Å²) < 4.78 is 0. The molecule has 0 spiro atoms. The highest BCUT2D eigenvalue weighted by Gasteiger charge is 2.32. The zero-order valence-corrected chi connectivity index (χ0v) is 15.1. The summed E-state index contributed by atoms with van der Waals surface area (Å²) >= 11 is 0. The number of piperidine rings is 2. The van der Waals surface area contributed by atoms with Crippen molar-refractivity contribution in [1.29, 1.82) is 0 Å². The fourth-order valence-electron chi connectivity index (χ4n) is 4.09. The minimum atomic E-state index is 0.0430. The van der Waals surface area contributed by atoms with Gasteiger partial charge in [0.25, 0.3) is 0 Å². The Hall–Kier alpha value is -1.39. The van der Waals surface area contributed by atoms with Gasteiger partial charge in [-0.05, 0) is 44.7 Å². The molecule has 2 fully saturated rings. The molecule has 0 bridgehead atoms. The van der Waals surface area contributed by atoms with Crippen molar-refractivity contribution in [1.82, 2.24) is 15.1 Å². The number of hydrogen-bond acceptors (Lipinski definition) is 3. The topological polar surface area (TPSA) is 35.6 Å². The summed E-state index contributed by atoms with van der Waals surface area (Å²) in [5.74, 6) is 0.295. The van der Waals surface area contributed by atoms with Crippen LogP contribution in [0.25, 0.3) is 0 Å². The molecule has 4 heteroatoms. The highest BCUT2D eigenvalue weighted by molar-refractivity contribution is 5.82. The Morgan fingerprint density at radius 3 is 2.71 bits per heavy atom. The van der Waals surface area contributed by atoms with Gasteiger partial charge in [0, 0.05) is 32.2 Å². The van der Waals surface area contributed by atoms with Crippen LogP contribution < -0.4 is 5.32 Å². The molecule has 2 aliphatic rings. The first-order chi connectivity index (χ1) is 11.6. The maximum Gasteiger partial charge on any atom is 0.239 e. The average molecular weight is 329 g/mol. The van der Waals surface area contributed by atoms with E-state index in [1.165, 1.54) is 18.4 Å². The summed E-state index contributed by atoms with van der Waals surface area (Å²) in [4.78, 5) is 17.3. The Morgan fingerprint density at radius 1 is 1.25 bits per heavy atom. The molecule has 1 N–H and O–H groups in total. The van der Waals surface area contributed by atoms with Crippen molar-refractivity contribution in [3.63, 3.8) is 0 Å². The van der Waals surface area contributed by atoms with Crippen LogP contribution in [-0.2, 0) is 11.3 Å². The molecule has 0 unspecified atom stereocenters. The van der Waals surface area contributed by atoms with Gasteiger partial charge >= 0.3 is 0 Å². The Morgan fingerprint density at radius 2 is 2.04 bits per heavy atom. The second kappa shape index (κ2) is 8.13. The molecular formula is C20H31N3O. The van der Waals surface area contributed by atoms with Gasteiger partial charge in [0.2, 0.25) is 5.91 Å². The van der Waals surface area contributed by atoms with Crippen molar-refractivity contribution >= 4 is 5.91 Å². The number of benzene rings is 1. The summed E-state index contributed by atoms with van der Waals surface area (Å²) in [6.45, 7) is 5.36. The highest BCUT2D eigenvalue weighted by Crippen LogP contribution is 2.24. The van der Waals surface area contributed by atoms with Gasteiger partial charge in [0.05, 0.1) is 6.04 Å². The number of carbonyl (C=O) groups excluding carboxylic acids is 1. The number of rotatable bonds is 4. The van der Waals surface area contributed by atoms with Crippen LogP contribution in [0.5, 0.6) is 0 Å². The third-order valence-corrected chi connectivity index (χ3v) is 5.72. The van der Waals surface area contributed by atoms with Crippen LogP contribution in [0.1, 0.15) is 44.6 Å². The first-order valence-electron chi connectivity index (χ1n) is 9.43. The van der Waals surface area contributed by atoms with Crippen molar-refractivity contribution in [2.45, 2.75) is 63.7 Å². The van der Waals surface area contributed by atoms with Gasteiger partial charge in [-0.25, -0.2) is 0 Å². The van der Waals surface area contributed by atoms with Crippen LogP contribution in [0.15, 0.2) is 30.3 Å². The Bertz CT molecular complexity index is 527. The van der Waals surface area contributed by atoms with Gasteiger partial charge in [-0.3, -0.25) is 9.69 Å². The van der Waals surface area contributed by atoms with E-state index in [-0.39, 0.29) is 6.04 Å². The van der Waals surface area contributed by atoms with Crippen molar-refractivity contribution < 1.29 is 4.79 Å². The van der Waals surface area contributed by atoms with Crippen LogP contribution in [0.2, 0.25) is 0 Å². The van der Waals surface area contributed by atoms with Gasteiger partial charge in [-0.1, -0.05) is 36.8 Å². The first kappa shape index (κ1) is 17.4. The Kier molecular flexibility index (Phi) is 5.90. The lowest BCUT2D eigenvalue weighted by Crippen LogP contribution is -2.54. The molecule has 4 nitrogen and oxygen atoms in total. The minimum Gasteiger partial charge on any atom is -0.341 e. The molecule has 24 heavy (non-hydrogen) atoms. The van der Waals surface area contributed by atoms with Gasteiger partial charge in [-0.2, -0.15) is 0 Å². The predicted molar refractivity (Wildman–Crippen MR) is 97.7 cm³/mol. The monoisotopic (exact) mass is 329 g/mol. The van der Waals surface area contributed by atoms with E-state index in [4.69, 9.17) is 0 Å². The van der Waals surface area contributed by atoms with Crippen LogP contribution in [-0.4, -0.2) is 54.0 Å². The minimum absolute atomic E-state index is 0.0430. The third-order valence-electron chi connectivity index (χ3n) is 5.72. The van der Waals surface area contributed by atoms with Crippen molar-refractivity contribution in [3.8, 4) is 0 Å². The van der Waals surface area contributed by atoms with E-state index in [2.05, 4.69) is 47.5 Å². The smallest absolute Gasteiger partial charge is 0.239 e.